The van der Waals surface area contributed by atoms with E-state index in [0.29, 0.717) is 0 Å². The smallest absolute Gasteiger partial charge is 0.315 e. The van der Waals surface area contributed by atoms with E-state index in [1.54, 1.807) is 7.11 Å². The van der Waals surface area contributed by atoms with Crippen molar-refractivity contribution >= 4 is 6.03 Å². The highest BCUT2D eigenvalue weighted by Crippen LogP contribution is 2.26. The number of ether oxygens (including phenoxy) is 1. The molecule has 3 rings (SSSR count). The van der Waals surface area contributed by atoms with E-state index in [-0.39, 0.29) is 18.1 Å². The predicted octanol–water partition coefficient (Wildman–Crippen LogP) is 2.66. The minimum Gasteiger partial charge on any atom is -0.496 e. The second-order valence-corrected chi connectivity index (χ2v) is 6.54. The number of carbonyl (C=O) groups excluding carboxylic acids is 1. The van der Waals surface area contributed by atoms with Crippen molar-refractivity contribution < 1.29 is 9.53 Å². The van der Waals surface area contributed by atoms with Crippen LogP contribution in [-0.2, 0) is 13.0 Å². The van der Waals surface area contributed by atoms with Crippen molar-refractivity contribution in [1.82, 2.24) is 25.4 Å². The summed E-state index contributed by atoms with van der Waals surface area (Å²) in [5.41, 5.74) is 2.07. The van der Waals surface area contributed by atoms with Crippen LogP contribution in [0.3, 0.4) is 0 Å². The molecule has 0 aliphatic carbocycles. The van der Waals surface area contributed by atoms with Crippen LogP contribution in [0.25, 0.3) is 0 Å². The van der Waals surface area contributed by atoms with Gasteiger partial charge in [-0.3, -0.25) is 0 Å². The molecule has 0 spiro atoms. The van der Waals surface area contributed by atoms with Gasteiger partial charge in [-0.2, -0.15) is 0 Å². The number of benzene rings is 1. The highest BCUT2D eigenvalue weighted by molar-refractivity contribution is 5.75. The molecule has 1 aliphatic heterocycles. The number of hydrogen-bond donors (Lipinski definition) is 2. The van der Waals surface area contributed by atoms with E-state index in [1.807, 2.05) is 39.0 Å². The third kappa shape index (κ3) is 3.60. The number of hydrogen-bond acceptors (Lipinski definition) is 4. The van der Waals surface area contributed by atoms with Gasteiger partial charge in [0.05, 0.1) is 19.2 Å². The van der Waals surface area contributed by atoms with Gasteiger partial charge in [-0.05, 0) is 33.3 Å². The van der Waals surface area contributed by atoms with E-state index in [9.17, 15) is 4.79 Å². The van der Waals surface area contributed by atoms with E-state index in [4.69, 9.17) is 4.74 Å². The minimum atomic E-state index is -0.237. The Morgan fingerprint density at radius 2 is 2.00 bits per heavy atom. The first-order chi connectivity index (χ1) is 12.0. The summed E-state index contributed by atoms with van der Waals surface area (Å²) >= 11 is 0. The lowest BCUT2D eigenvalue weighted by molar-refractivity contribution is 0.234. The first-order valence-corrected chi connectivity index (χ1v) is 8.63. The van der Waals surface area contributed by atoms with Crippen molar-refractivity contribution in [3.8, 4) is 5.75 Å². The summed E-state index contributed by atoms with van der Waals surface area (Å²) in [6.45, 7) is 6.80. The number of fused-ring (bicyclic) bond motifs is 1. The Morgan fingerprint density at radius 3 is 2.76 bits per heavy atom. The molecular formula is C18H25N5O2. The summed E-state index contributed by atoms with van der Waals surface area (Å²) in [6, 6.07) is 5.32. The number of methoxy groups -OCH3 is 1. The highest BCUT2D eigenvalue weighted by atomic mass is 16.5. The van der Waals surface area contributed by atoms with Crippen LogP contribution in [0, 0.1) is 6.92 Å². The topological polar surface area (TPSA) is 81.1 Å². The molecule has 1 aliphatic rings. The Hall–Kier alpha value is -2.57. The largest absolute Gasteiger partial charge is 0.496 e. The van der Waals surface area contributed by atoms with Crippen LogP contribution in [-0.4, -0.2) is 27.9 Å². The molecule has 2 amide bonds. The molecule has 0 saturated heterocycles. The molecule has 1 aromatic carbocycles. The van der Waals surface area contributed by atoms with Gasteiger partial charge in [0.25, 0.3) is 0 Å². The molecule has 2 N–H and O–H groups in total. The SMILES string of the molecule is COc1ccc(C)cc1[C@@H](C)NC(=O)N[C@@H](C)c1nnc2n1CCC2. The third-order valence-electron chi connectivity index (χ3n) is 4.57. The first kappa shape index (κ1) is 17.3. The Bertz CT molecular complexity index is 771. The number of rotatable bonds is 5. The number of amides is 2. The summed E-state index contributed by atoms with van der Waals surface area (Å²) < 4.78 is 7.50. The molecule has 7 nitrogen and oxygen atoms in total. The van der Waals surface area contributed by atoms with Crippen LogP contribution in [0.5, 0.6) is 5.75 Å². The summed E-state index contributed by atoms with van der Waals surface area (Å²) in [5, 5.41) is 14.3. The molecule has 2 heterocycles. The normalized spacial score (nSPS) is 15.4. The van der Waals surface area contributed by atoms with Crippen molar-refractivity contribution in [1.29, 1.82) is 0 Å². The molecule has 1 aromatic heterocycles. The molecule has 2 aromatic rings. The number of nitrogens with one attached hydrogen (secondary N) is 2. The Kier molecular flexibility index (Phi) is 4.92. The Labute approximate surface area is 147 Å². The van der Waals surface area contributed by atoms with Crippen LogP contribution in [0.1, 0.15) is 55.1 Å². The van der Waals surface area contributed by atoms with Gasteiger partial charge in [-0.1, -0.05) is 17.7 Å². The van der Waals surface area contributed by atoms with Gasteiger partial charge in [-0.25, -0.2) is 4.79 Å². The molecule has 25 heavy (non-hydrogen) atoms. The zero-order valence-electron chi connectivity index (χ0n) is 15.2. The van der Waals surface area contributed by atoms with Crippen molar-refractivity contribution in [3.63, 3.8) is 0 Å². The van der Waals surface area contributed by atoms with Gasteiger partial charge in [0.2, 0.25) is 0 Å². The zero-order chi connectivity index (χ0) is 18.0. The fraction of sp³-hybridized carbons (Fsp3) is 0.500. The second kappa shape index (κ2) is 7.13. The Morgan fingerprint density at radius 1 is 1.24 bits per heavy atom. The van der Waals surface area contributed by atoms with Gasteiger partial charge in [-0.15, -0.1) is 10.2 Å². The van der Waals surface area contributed by atoms with E-state index in [1.165, 1.54) is 0 Å². The van der Waals surface area contributed by atoms with Crippen molar-refractivity contribution in [2.75, 3.05) is 7.11 Å². The van der Waals surface area contributed by atoms with Gasteiger partial charge in [0.15, 0.2) is 5.82 Å². The molecule has 0 saturated carbocycles. The fourth-order valence-electron chi connectivity index (χ4n) is 3.26. The molecule has 0 unspecified atom stereocenters. The quantitative estimate of drug-likeness (QED) is 0.874. The second-order valence-electron chi connectivity index (χ2n) is 6.54. The first-order valence-electron chi connectivity index (χ1n) is 8.63. The summed E-state index contributed by atoms with van der Waals surface area (Å²) in [7, 11) is 1.63. The van der Waals surface area contributed by atoms with Crippen LogP contribution < -0.4 is 15.4 Å². The standard InChI is InChI=1S/C18H25N5O2/c1-11-7-8-15(25-4)14(10-11)12(2)19-18(24)20-13(3)17-22-21-16-6-5-9-23(16)17/h7-8,10,12-13H,5-6,9H2,1-4H3,(H2,19,20,24)/t12-,13+/m1/s1. The van der Waals surface area contributed by atoms with Crippen molar-refractivity contribution in [2.45, 2.75) is 52.2 Å². The van der Waals surface area contributed by atoms with E-state index >= 15 is 0 Å². The Balaban J connectivity index is 1.65. The molecule has 2 atom stereocenters. The molecule has 0 bridgehead atoms. The third-order valence-corrected chi connectivity index (χ3v) is 4.57. The molecule has 0 radical (unpaired) electrons. The lowest BCUT2D eigenvalue weighted by atomic mass is 10.0. The van der Waals surface area contributed by atoms with Crippen LogP contribution in [0.2, 0.25) is 0 Å². The van der Waals surface area contributed by atoms with Gasteiger partial charge < -0.3 is 19.9 Å². The van der Waals surface area contributed by atoms with E-state index < -0.39 is 0 Å². The summed E-state index contributed by atoms with van der Waals surface area (Å²) in [4.78, 5) is 12.4. The number of carbonyl (C=O) groups is 1. The number of aromatic nitrogens is 3. The van der Waals surface area contributed by atoms with Crippen molar-refractivity contribution in [3.05, 3.63) is 41.0 Å². The summed E-state index contributed by atoms with van der Waals surface area (Å²) in [5.74, 6) is 2.58. The van der Waals surface area contributed by atoms with Crippen LogP contribution in [0.15, 0.2) is 18.2 Å². The maximum Gasteiger partial charge on any atom is 0.315 e. The zero-order valence-corrected chi connectivity index (χ0v) is 15.2. The molecule has 7 heteroatoms. The average molecular weight is 343 g/mol. The molecular weight excluding hydrogens is 318 g/mol. The molecule has 134 valence electrons. The fourth-order valence-corrected chi connectivity index (χ4v) is 3.26. The van der Waals surface area contributed by atoms with Crippen LogP contribution >= 0.6 is 0 Å². The maximum absolute atomic E-state index is 12.4. The monoisotopic (exact) mass is 343 g/mol. The summed E-state index contributed by atoms with van der Waals surface area (Å²) in [6.07, 6.45) is 2.04. The van der Waals surface area contributed by atoms with Gasteiger partial charge in [0, 0.05) is 18.5 Å². The van der Waals surface area contributed by atoms with Gasteiger partial charge >= 0.3 is 6.03 Å². The van der Waals surface area contributed by atoms with E-state index in [0.717, 1.165) is 47.9 Å². The van der Waals surface area contributed by atoms with Crippen molar-refractivity contribution in [2.24, 2.45) is 0 Å². The molecule has 0 fully saturated rings. The highest BCUT2D eigenvalue weighted by Gasteiger charge is 2.23. The maximum atomic E-state index is 12.4. The van der Waals surface area contributed by atoms with E-state index in [2.05, 4.69) is 25.4 Å². The lowest BCUT2D eigenvalue weighted by Gasteiger charge is -2.20. The van der Waals surface area contributed by atoms with Crippen LogP contribution in [0.4, 0.5) is 4.79 Å². The number of aryl methyl sites for hydroxylation is 2. The minimum absolute atomic E-state index is 0.175. The predicted molar refractivity (Wildman–Crippen MR) is 94.6 cm³/mol. The van der Waals surface area contributed by atoms with Gasteiger partial charge in [0.1, 0.15) is 11.6 Å². The number of nitrogens with zero attached hydrogens (tertiary/aromatic N) is 3. The average Bonchev–Trinajstić information content (AvgIpc) is 3.17. The number of urea groups is 1. The lowest BCUT2D eigenvalue weighted by Crippen LogP contribution is -2.39.